The molecule has 25 heavy (non-hydrogen) atoms. The zero-order chi connectivity index (χ0) is 18.4. The third-order valence-corrected chi connectivity index (χ3v) is 5.10. The molecule has 1 saturated heterocycles. The molecule has 0 aromatic carbocycles. The maximum Gasteiger partial charge on any atom is 0.313 e. The minimum absolute atomic E-state index is 0.107. The van der Waals surface area contributed by atoms with Crippen molar-refractivity contribution in [2.45, 2.75) is 51.5 Å². The van der Waals surface area contributed by atoms with Crippen LogP contribution in [0.2, 0.25) is 0 Å². The lowest BCUT2D eigenvalue weighted by Gasteiger charge is -2.23. The average Bonchev–Trinajstić information content (AvgIpc) is 3.11. The molecule has 1 atom stereocenters. The summed E-state index contributed by atoms with van der Waals surface area (Å²) < 4.78 is 7.05. The van der Waals surface area contributed by atoms with Gasteiger partial charge in [-0.1, -0.05) is 0 Å². The van der Waals surface area contributed by atoms with Crippen LogP contribution in [0.25, 0.3) is 0 Å². The molecule has 1 aliphatic carbocycles. The third kappa shape index (κ3) is 3.29. The quantitative estimate of drug-likeness (QED) is 0.880. The van der Waals surface area contributed by atoms with Gasteiger partial charge in [0.2, 0.25) is 0 Å². The van der Waals surface area contributed by atoms with Crippen molar-refractivity contribution in [2.24, 2.45) is 5.41 Å². The van der Waals surface area contributed by atoms with Crippen LogP contribution in [0.4, 0.5) is 0 Å². The highest BCUT2D eigenvalue weighted by atomic mass is 16.5. The summed E-state index contributed by atoms with van der Waals surface area (Å²) in [4.78, 5) is 26.2. The molecular weight excluding hydrogens is 322 g/mol. The minimum atomic E-state index is -1.02. The van der Waals surface area contributed by atoms with Crippen molar-refractivity contribution in [3.05, 3.63) is 17.5 Å². The zero-order valence-corrected chi connectivity index (χ0v) is 15.4. The van der Waals surface area contributed by atoms with Crippen LogP contribution in [-0.4, -0.2) is 58.5 Å². The van der Waals surface area contributed by atoms with Gasteiger partial charge in [0.05, 0.1) is 12.1 Å². The van der Waals surface area contributed by atoms with E-state index in [0.29, 0.717) is 24.6 Å². The highest BCUT2D eigenvalue weighted by Gasteiger charge is 2.47. The van der Waals surface area contributed by atoms with Gasteiger partial charge in [0, 0.05) is 31.8 Å². The lowest BCUT2D eigenvalue weighted by Crippen LogP contribution is -2.40. The van der Waals surface area contributed by atoms with Gasteiger partial charge < -0.3 is 14.7 Å². The Labute approximate surface area is 147 Å². The smallest absolute Gasteiger partial charge is 0.313 e. The molecule has 1 saturated carbocycles. The van der Waals surface area contributed by atoms with Crippen LogP contribution in [0.3, 0.4) is 0 Å². The number of rotatable bonds is 5. The van der Waals surface area contributed by atoms with Gasteiger partial charge in [0.1, 0.15) is 5.41 Å². The highest BCUT2D eigenvalue weighted by molar-refractivity contribution is 5.93. The van der Waals surface area contributed by atoms with Crippen LogP contribution >= 0.6 is 0 Å². The van der Waals surface area contributed by atoms with E-state index in [4.69, 9.17) is 4.74 Å². The van der Waals surface area contributed by atoms with Crippen molar-refractivity contribution in [3.63, 3.8) is 0 Å². The second-order valence-corrected chi connectivity index (χ2v) is 8.31. The molecule has 0 radical (unpaired) electrons. The molecule has 2 fully saturated rings. The zero-order valence-electron chi connectivity index (χ0n) is 15.4. The van der Waals surface area contributed by atoms with E-state index in [2.05, 4.69) is 25.9 Å². The fourth-order valence-corrected chi connectivity index (χ4v) is 3.55. The molecule has 0 spiro atoms. The summed E-state index contributed by atoms with van der Waals surface area (Å²) >= 11 is 0. The minimum Gasteiger partial charge on any atom is -0.481 e. The first-order valence-electron chi connectivity index (χ1n) is 8.80. The van der Waals surface area contributed by atoms with Gasteiger partial charge in [0.15, 0.2) is 5.69 Å². The van der Waals surface area contributed by atoms with Crippen molar-refractivity contribution in [3.8, 4) is 0 Å². The van der Waals surface area contributed by atoms with Crippen LogP contribution in [-0.2, 0) is 15.1 Å². The van der Waals surface area contributed by atoms with Crippen molar-refractivity contribution < 1.29 is 19.4 Å². The lowest BCUT2D eigenvalue weighted by molar-refractivity contribution is -0.151. The first-order chi connectivity index (χ1) is 11.7. The van der Waals surface area contributed by atoms with Gasteiger partial charge in [-0.05, 0) is 46.1 Å². The second kappa shape index (κ2) is 6.12. The Hall–Kier alpha value is -1.89. The first kappa shape index (κ1) is 17.9. The molecule has 0 bridgehead atoms. The summed E-state index contributed by atoms with van der Waals surface area (Å²) in [7, 11) is 1.49. The van der Waals surface area contributed by atoms with Gasteiger partial charge in [-0.25, -0.2) is 0 Å². The summed E-state index contributed by atoms with van der Waals surface area (Å²) in [5, 5.41) is 14.1. The topological polar surface area (TPSA) is 84.7 Å². The Bertz CT molecular complexity index is 687. The fourth-order valence-electron chi connectivity index (χ4n) is 3.55. The SMILES string of the molecule is COCC1(C(=O)O)CCN(C(=O)c2cc(C3CC3)n(C(C)(C)C)n2)C1. The number of carbonyl (C=O) groups is 2. The van der Waals surface area contributed by atoms with E-state index in [0.717, 1.165) is 18.5 Å². The largest absolute Gasteiger partial charge is 0.481 e. The van der Waals surface area contributed by atoms with E-state index in [1.165, 1.54) is 7.11 Å². The number of nitrogens with zero attached hydrogens (tertiary/aromatic N) is 3. The van der Waals surface area contributed by atoms with E-state index < -0.39 is 11.4 Å². The van der Waals surface area contributed by atoms with E-state index in [1.807, 2.05) is 10.7 Å². The van der Waals surface area contributed by atoms with Crippen molar-refractivity contribution in [2.75, 3.05) is 26.8 Å². The molecule has 1 N–H and O–H groups in total. The van der Waals surface area contributed by atoms with E-state index >= 15 is 0 Å². The summed E-state index contributed by atoms with van der Waals surface area (Å²) in [5.74, 6) is -0.619. The first-order valence-corrected chi connectivity index (χ1v) is 8.80. The van der Waals surface area contributed by atoms with Crippen LogP contribution in [0.5, 0.6) is 0 Å². The van der Waals surface area contributed by atoms with E-state index in [-0.39, 0.29) is 24.6 Å². The van der Waals surface area contributed by atoms with Crippen molar-refractivity contribution in [1.29, 1.82) is 0 Å². The Balaban J connectivity index is 1.83. The summed E-state index contributed by atoms with van der Waals surface area (Å²) in [6, 6.07) is 1.89. The number of aliphatic carboxylic acids is 1. The number of methoxy groups -OCH3 is 1. The van der Waals surface area contributed by atoms with Crippen molar-refractivity contribution >= 4 is 11.9 Å². The molecule has 1 aliphatic heterocycles. The molecule has 1 aromatic rings. The number of likely N-dealkylation sites (tertiary alicyclic amines) is 1. The summed E-state index contributed by atoms with van der Waals surface area (Å²) in [6.07, 6.45) is 2.67. The monoisotopic (exact) mass is 349 g/mol. The number of amides is 1. The van der Waals surface area contributed by atoms with Crippen LogP contribution < -0.4 is 0 Å². The molecule has 138 valence electrons. The molecule has 1 amide bonds. The maximum atomic E-state index is 12.9. The van der Waals surface area contributed by atoms with Gasteiger partial charge >= 0.3 is 5.97 Å². The fraction of sp³-hybridized carbons (Fsp3) is 0.722. The predicted octanol–water partition coefficient (Wildman–Crippen LogP) is 2.08. The van der Waals surface area contributed by atoms with E-state index in [9.17, 15) is 14.7 Å². The molecule has 7 nitrogen and oxygen atoms in total. The molecule has 1 unspecified atom stereocenters. The number of carboxylic acid groups (broad SMARTS) is 1. The summed E-state index contributed by atoms with van der Waals surface area (Å²) in [5.41, 5.74) is 0.311. The molecular formula is C18H27N3O4. The number of carbonyl (C=O) groups excluding carboxylic acids is 1. The third-order valence-electron chi connectivity index (χ3n) is 5.10. The van der Waals surface area contributed by atoms with Gasteiger partial charge in [-0.2, -0.15) is 5.10 Å². The van der Waals surface area contributed by atoms with Crippen LogP contribution in [0.1, 0.15) is 62.1 Å². The standard InChI is InChI=1S/C18H27N3O4/c1-17(2,3)21-14(12-5-6-12)9-13(19-21)15(22)20-8-7-18(10-20,11-25-4)16(23)24/h9,12H,5-8,10-11H2,1-4H3,(H,23,24). The number of hydrogen-bond donors (Lipinski definition) is 1. The highest BCUT2D eigenvalue weighted by Crippen LogP contribution is 2.42. The Morgan fingerprint density at radius 3 is 2.60 bits per heavy atom. The number of carboxylic acids is 1. The van der Waals surface area contributed by atoms with Crippen LogP contribution in [0.15, 0.2) is 6.07 Å². The van der Waals surface area contributed by atoms with Gasteiger partial charge in [-0.15, -0.1) is 0 Å². The average molecular weight is 349 g/mol. The predicted molar refractivity (Wildman–Crippen MR) is 91.7 cm³/mol. The molecule has 2 heterocycles. The number of ether oxygens (including phenoxy) is 1. The normalized spacial score (nSPS) is 23.9. The van der Waals surface area contributed by atoms with E-state index in [1.54, 1.807) is 4.90 Å². The molecule has 2 aliphatic rings. The van der Waals surface area contributed by atoms with Crippen LogP contribution in [0, 0.1) is 5.41 Å². The Morgan fingerprint density at radius 1 is 1.40 bits per heavy atom. The van der Waals surface area contributed by atoms with Crippen molar-refractivity contribution in [1.82, 2.24) is 14.7 Å². The molecule has 1 aromatic heterocycles. The number of aromatic nitrogens is 2. The maximum absolute atomic E-state index is 12.9. The molecule has 3 rings (SSSR count). The summed E-state index contributed by atoms with van der Waals surface area (Å²) in [6.45, 7) is 6.90. The number of hydrogen-bond acceptors (Lipinski definition) is 4. The Morgan fingerprint density at radius 2 is 2.08 bits per heavy atom. The lowest BCUT2D eigenvalue weighted by atomic mass is 9.88. The van der Waals surface area contributed by atoms with Gasteiger partial charge in [-0.3, -0.25) is 14.3 Å². The Kier molecular flexibility index (Phi) is 4.39. The van der Waals surface area contributed by atoms with Gasteiger partial charge in [0.25, 0.3) is 5.91 Å². The molecule has 7 heteroatoms. The second-order valence-electron chi connectivity index (χ2n) is 8.31.